The standard InChI is InChI=1S/C48H31N3O/c1-3-13-34(14-4-1)49-41-19-9-8-18-38(41)40-31-36(25-28-44(40)49)51-42-20-10-7-17-37(42)39-29-32(23-26-43(39)51)33-24-27-46-48(30-33)52-47-22-12-11-21-45(47)50(46)35-15-5-2-6-16-35/h1-31H. The highest BCUT2D eigenvalue weighted by molar-refractivity contribution is 6.13. The molecule has 1 aliphatic rings. The van der Waals surface area contributed by atoms with Gasteiger partial charge in [-0.2, -0.15) is 0 Å². The van der Waals surface area contributed by atoms with Crippen molar-refractivity contribution < 1.29 is 4.74 Å². The Kier molecular flexibility index (Phi) is 6.22. The number of ether oxygens (including phenoxy) is 1. The highest BCUT2D eigenvalue weighted by Crippen LogP contribution is 2.51. The van der Waals surface area contributed by atoms with Crippen LogP contribution in [0.4, 0.5) is 17.1 Å². The van der Waals surface area contributed by atoms with Gasteiger partial charge in [-0.1, -0.05) is 97.1 Å². The van der Waals surface area contributed by atoms with Gasteiger partial charge in [-0.3, -0.25) is 0 Å². The van der Waals surface area contributed by atoms with Crippen LogP contribution in [0.15, 0.2) is 188 Å². The van der Waals surface area contributed by atoms with Crippen LogP contribution in [0.2, 0.25) is 0 Å². The maximum Gasteiger partial charge on any atom is 0.152 e. The Bertz CT molecular complexity index is 2990. The zero-order valence-corrected chi connectivity index (χ0v) is 28.1. The molecular formula is C48H31N3O. The number of rotatable bonds is 4. The Morgan fingerprint density at radius 1 is 0.308 bits per heavy atom. The van der Waals surface area contributed by atoms with Crippen LogP contribution in [0.3, 0.4) is 0 Å². The Balaban J connectivity index is 1.06. The van der Waals surface area contributed by atoms with Crippen molar-refractivity contribution >= 4 is 60.7 Å². The topological polar surface area (TPSA) is 22.3 Å². The van der Waals surface area contributed by atoms with Gasteiger partial charge in [0.25, 0.3) is 0 Å². The van der Waals surface area contributed by atoms with Gasteiger partial charge in [0.15, 0.2) is 11.5 Å². The minimum atomic E-state index is 0.838. The molecule has 244 valence electrons. The largest absolute Gasteiger partial charge is 0.453 e. The summed E-state index contributed by atoms with van der Waals surface area (Å²) < 4.78 is 11.3. The summed E-state index contributed by atoms with van der Waals surface area (Å²) in [5, 5.41) is 4.92. The van der Waals surface area contributed by atoms with Crippen LogP contribution in [0.1, 0.15) is 0 Å². The smallest absolute Gasteiger partial charge is 0.152 e. The van der Waals surface area contributed by atoms with E-state index in [4.69, 9.17) is 4.74 Å². The molecule has 4 nitrogen and oxygen atoms in total. The van der Waals surface area contributed by atoms with Crippen molar-refractivity contribution in [2.75, 3.05) is 4.90 Å². The monoisotopic (exact) mass is 665 g/mol. The first-order valence-corrected chi connectivity index (χ1v) is 17.7. The molecule has 0 bridgehead atoms. The number of anilines is 3. The molecule has 1 aliphatic heterocycles. The summed E-state index contributed by atoms with van der Waals surface area (Å²) in [6.07, 6.45) is 0. The molecule has 0 fully saturated rings. The second-order valence-corrected chi connectivity index (χ2v) is 13.4. The highest BCUT2D eigenvalue weighted by Gasteiger charge is 2.26. The van der Waals surface area contributed by atoms with Crippen LogP contribution in [0, 0.1) is 0 Å². The van der Waals surface area contributed by atoms with E-state index in [1.54, 1.807) is 0 Å². The molecule has 4 heteroatoms. The van der Waals surface area contributed by atoms with E-state index in [0.717, 1.165) is 51.1 Å². The average Bonchev–Trinajstić information content (AvgIpc) is 3.72. The van der Waals surface area contributed by atoms with E-state index in [-0.39, 0.29) is 0 Å². The zero-order valence-electron chi connectivity index (χ0n) is 28.1. The van der Waals surface area contributed by atoms with Crippen LogP contribution in [-0.2, 0) is 0 Å². The van der Waals surface area contributed by atoms with Crippen molar-refractivity contribution in [3.63, 3.8) is 0 Å². The zero-order chi connectivity index (χ0) is 34.2. The van der Waals surface area contributed by atoms with Gasteiger partial charge >= 0.3 is 0 Å². The van der Waals surface area contributed by atoms with E-state index in [9.17, 15) is 0 Å². The molecule has 0 atom stereocenters. The second kappa shape index (κ2) is 11.2. The SMILES string of the molecule is c1ccc(N2c3ccccc3Oc3cc(-c4ccc5c(c4)c4ccccc4n5-c4ccc5c(c4)c4ccccc4n5-c4ccccc4)ccc32)cc1. The van der Waals surface area contributed by atoms with Gasteiger partial charge in [0, 0.05) is 38.6 Å². The number of fused-ring (bicyclic) bond motifs is 8. The number of benzene rings is 8. The lowest BCUT2D eigenvalue weighted by Crippen LogP contribution is -2.15. The third kappa shape index (κ3) is 4.28. The van der Waals surface area contributed by atoms with Gasteiger partial charge in [-0.05, 0) is 102 Å². The fourth-order valence-electron chi connectivity index (χ4n) is 8.18. The van der Waals surface area contributed by atoms with Crippen LogP contribution in [-0.4, -0.2) is 9.13 Å². The third-order valence-electron chi connectivity index (χ3n) is 10.5. The molecule has 0 spiro atoms. The van der Waals surface area contributed by atoms with Crippen molar-refractivity contribution in [2.45, 2.75) is 0 Å². The van der Waals surface area contributed by atoms with Crippen LogP contribution < -0.4 is 9.64 Å². The number of hydrogen-bond acceptors (Lipinski definition) is 2. The number of hydrogen-bond donors (Lipinski definition) is 0. The Hall–Kier alpha value is -7.04. The number of nitrogens with zero attached hydrogens (tertiary/aromatic N) is 3. The molecule has 11 rings (SSSR count). The first-order valence-electron chi connectivity index (χ1n) is 17.7. The lowest BCUT2D eigenvalue weighted by Gasteiger charge is -2.33. The summed E-state index contributed by atoms with van der Waals surface area (Å²) in [6.45, 7) is 0. The molecule has 0 amide bonds. The lowest BCUT2D eigenvalue weighted by atomic mass is 10.0. The lowest BCUT2D eigenvalue weighted by molar-refractivity contribution is 0.477. The molecule has 8 aromatic carbocycles. The van der Waals surface area contributed by atoms with Crippen molar-refractivity contribution in [1.29, 1.82) is 0 Å². The van der Waals surface area contributed by atoms with E-state index in [2.05, 4.69) is 190 Å². The molecule has 0 saturated carbocycles. The second-order valence-electron chi connectivity index (χ2n) is 13.4. The van der Waals surface area contributed by atoms with Crippen LogP contribution in [0.5, 0.6) is 11.5 Å². The fraction of sp³-hybridized carbons (Fsp3) is 0. The fourth-order valence-corrected chi connectivity index (χ4v) is 8.18. The molecule has 0 aliphatic carbocycles. The molecule has 2 aromatic heterocycles. The molecule has 0 unspecified atom stereocenters. The highest BCUT2D eigenvalue weighted by atomic mass is 16.5. The van der Waals surface area contributed by atoms with E-state index < -0.39 is 0 Å². The minimum absolute atomic E-state index is 0.838. The van der Waals surface area contributed by atoms with Crippen molar-refractivity contribution in [3.8, 4) is 34.0 Å². The van der Waals surface area contributed by atoms with Crippen LogP contribution >= 0.6 is 0 Å². The molecule has 3 heterocycles. The number of aromatic nitrogens is 2. The molecular weight excluding hydrogens is 635 g/mol. The van der Waals surface area contributed by atoms with Gasteiger partial charge in [0.05, 0.1) is 33.4 Å². The van der Waals surface area contributed by atoms with Gasteiger partial charge in [-0.25, -0.2) is 0 Å². The first-order chi connectivity index (χ1) is 25.8. The number of para-hydroxylation sites is 6. The summed E-state index contributed by atoms with van der Waals surface area (Å²) in [4.78, 5) is 2.28. The van der Waals surface area contributed by atoms with Gasteiger partial charge in [0.1, 0.15) is 0 Å². The molecule has 10 aromatic rings. The van der Waals surface area contributed by atoms with Gasteiger partial charge in [0.2, 0.25) is 0 Å². The Labute approximate surface area is 300 Å². The average molecular weight is 666 g/mol. The van der Waals surface area contributed by atoms with Crippen molar-refractivity contribution in [3.05, 3.63) is 188 Å². The molecule has 0 radical (unpaired) electrons. The third-order valence-corrected chi connectivity index (χ3v) is 10.5. The predicted octanol–water partition coefficient (Wildman–Crippen LogP) is 13.1. The molecule has 52 heavy (non-hydrogen) atoms. The first kappa shape index (κ1) is 28.8. The van der Waals surface area contributed by atoms with E-state index in [1.807, 2.05) is 12.1 Å². The van der Waals surface area contributed by atoms with Crippen molar-refractivity contribution in [2.24, 2.45) is 0 Å². The maximum atomic E-state index is 6.56. The summed E-state index contributed by atoms with van der Waals surface area (Å²) in [7, 11) is 0. The normalized spacial score (nSPS) is 12.3. The van der Waals surface area contributed by atoms with Gasteiger partial charge in [-0.15, -0.1) is 0 Å². The van der Waals surface area contributed by atoms with Crippen LogP contribution in [0.25, 0.3) is 66.1 Å². The van der Waals surface area contributed by atoms with E-state index in [0.29, 0.717) is 0 Å². The summed E-state index contributed by atoms with van der Waals surface area (Å²) in [5.41, 5.74) is 12.5. The van der Waals surface area contributed by atoms with Gasteiger partial charge < -0.3 is 18.8 Å². The quantitative estimate of drug-likeness (QED) is 0.187. The molecule has 0 N–H and O–H groups in total. The summed E-state index contributed by atoms with van der Waals surface area (Å²) in [6, 6.07) is 67.1. The van der Waals surface area contributed by atoms with E-state index >= 15 is 0 Å². The van der Waals surface area contributed by atoms with E-state index in [1.165, 1.54) is 43.6 Å². The Morgan fingerprint density at radius 3 is 1.58 bits per heavy atom. The van der Waals surface area contributed by atoms with Crippen molar-refractivity contribution in [1.82, 2.24) is 9.13 Å². The Morgan fingerprint density at radius 2 is 0.827 bits per heavy atom. The molecule has 0 saturated heterocycles. The maximum absolute atomic E-state index is 6.56. The minimum Gasteiger partial charge on any atom is -0.453 e. The summed E-state index contributed by atoms with van der Waals surface area (Å²) in [5.74, 6) is 1.68. The summed E-state index contributed by atoms with van der Waals surface area (Å²) >= 11 is 0. The predicted molar refractivity (Wildman–Crippen MR) is 215 cm³/mol.